The lowest BCUT2D eigenvalue weighted by Gasteiger charge is -2.30. The summed E-state index contributed by atoms with van der Waals surface area (Å²) in [6.45, 7) is 3.09. The average Bonchev–Trinajstić information content (AvgIpc) is 2.38. The van der Waals surface area contributed by atoms with Crippen molar-refractivity contribution in [3.8, 4) is 0 Å². The van der Waals surface area contributed by atoms with Crippen LogP contribution in [0.4, 0.5) is 5.69 Å². The Morgan fingerprint density at radius 2 is 2.00 bits per heavy atom. The van der Waals surface area contributed by atoms with Gasteiger partial charge in [0, 0.05) is 24.7 Å². The first-order chi connectivity index (χ1) is 8.18. The molecular formula is C14H21ClN2O. The zero-order valence-electron chi connectivity index (χ0n) is 10.9. The van der Waals surface area contributed by atoms with Gasteiger partial charge in [0.05, 0.1) is 0 Å². The van der Waals surface area contributed by atoms with Gasteiger partial charge >= 0.3 is 0 Å². The second kappa shape index (κ2) is 6.76. The molecule has 0 radical (unpaired) electrons. The largest absolute Gasteiger partial charge is 0.315 e. The normalized spacial score (nSPS) is 23.0. The highest BCUT2D eigenvalue weighted by atomic mass is 35.5. The fraction of sp³-hybridized carbons (Fsp3) is 0.500. The second-order valence-electron chi connectivity index (χ2n) is 4.81. The van der Waals surface area contributed by atoms with Crippen LogP contribution in [0.3, 0.4) is 0 Å². The van der Waals surface area contributed by atoms with E-state index in [1.807, 2.05) is 37.4 Å². The minimum absolute atomic E-state index is 0. The number of anilines is 1. The maximum Gasteiger partial charge on any atom is 0.229 e. The molecule has 1 N–H and O–H groups in total. The van der Waals surface area contributed by atoms with Crippen molar-refractivity contribution < 1.29 is 4.79 Å². The van der Waals surface area contributed by atoms with Crippen LogP contribution in [0.1, 0.15) is 19.8 Å². The van der Waals surface area contributed by atoms with Crippen LogP contribution in [0.25, 0.3) is 0 Å². The fourth-order valence-electron chi connectivity index (χ4n) is 2.41. The Morgan fingerprint density at radius 1 is 1.33 bits per heavy atom. The van der Waals surface area contributed by atoms with Crippen LogP contribution in [-0.4, -0.2) is 25.5 Å². The molecule has 18 heavy (non-hydrogen) atoms. The van der Waals surface area contributed by atoms with Crippen molar-refractivity contribution in [3.05, 3.63) is 30.3 Å². The van der Waals surface area contributed by atoms with Crippen molar-refractivity contribution in [2.24, 2.45) is 5.92 Å². The summed E-state index contributed by atoms with van der Waals surface area (Å²) in [4.78, 5) is 14.1. The monoisotopic (exact) mass is 268 g/mol. The lowest BCUT2D eigenvalue weighted by Crippen LogP contribution is -2.43. The number of carbonyl (C=O) groups excluding carboxylic acids is 1. The van der Waals surface area contributed by atoms with E-state index >= 15 is 0 Å². The van der Waals surface area contributed by atoms with Crippen molar-refractivity contribution in [3.63, 3.8) is 0 Å². The highest BCUT2D eigenvalue weighted by Gasteiger charge is 2.27. The maximum absolute atomic E-state index is 12.3. The summed E-state index contributed by atoms with van der Waals surface area (Å²) < 4.78 is 0. The molecule has 100 valence electrons. The molecule has 0 spiro atoms. The summed E-state index contributed by atoms with van der Waals surface area (Å²) in [5.41, 5.74) is 0.976. The predicted octanol–water partition coefficient (Wildman–Crippen LogP) is 2.46. The van der Waals surface area contributed by atoms with E-state index in [9.17, 15) is 4.79 Å². The third-order valence-corrected chi connectivity index (χ3v) is 3.45. The van der Waals surface area contributed by atoms with Gasteiger partial charge < -0.3 is 10.2 Å². The molecule has 0 aliphatic carbocycles. The molecule has 4 heteroatoms. The molecule has 0 aromatic heterocycles. The van der Waals surface area contributed by atoms with Gasteiger partial charge in [-0.2, -0.15) is 0 Å². The quantitative estimate of drug-likeness (QED) is 0.894. The average molecular weight is 269 g/mol. The van der Waals surface area contributed by atoms with Crippen molar-refractivity contribution in [2.45, 2.75) is 25.8 Å². The maximum atomic E-state index is 12.3. The number of nitrogens with one attached hydrogen (secondary N) is 1. The topological polar surface area (TPSA) is 32.3 Å². The number of amides is 1. The number of hydrogen-bond acceptors (Lipinski definition) is 2. The van der Waals surface area contributed by atoms with Gasteiger partial charge in [-0.25, -0.2) is 0 Å². The first kappa shape index (κ1) is 15.0. The van der Waals surface area contributed by atoms with Crippen molar-refractivity contribution in [1.29, 1.82) is 0 Å². The molecule has 2 rings (SSSR count). The predicted molar refractivity (Wildman–Crippen MR) is 77.3 cm³/mol. The molecule has 1 fully saturated rings. The third-order valence-electron chi connectivity index (χ3n) is 3.45. The smallest absolute Gasteiger partial charge is 0.229 e. The molecule has 1 saturated heterocycles. The van der Waals surface area contributed by atoms with Gasteiger partial charge in [-0.1, -0.05) is 18.2 Å². The Bertz CT molecular complexity index is 383. The van der Waals surface area contributed by atoms with E-state index in [1.165, 1.54) is 0 Å². The van der Waals surface area contributed by atoms with Crippen molar-refractivity contribution >= 4 is 24.0 Å². The molecule has 1 amide bonds. The lowest BCUT2D eigenvalue weighted by atomic mass is 9.92. The molecule has 1 aromatic rings. The highest BCUT2D eigenvalue weighted by molar-refractivity contribution is 5.94. The third kappa shape index (κ3) is 3.47. The van der Waals surface area contributed by atoms with E-state index in [4.69, 9.17) is 0 Å². The lowest BCUT2D eigenvalue weighted by molar-refractivity contribution is -0.123. The molecule has 0 unspecified atom stereocenters. The number of nitrogens with zero attached hydrogens (tertiary/aromatic N) is 1. The van der Waals surface area contributed by atoms with E-state index in [1.54, 1.807) is 4.90 Å². The summed E-state index contributed by atoms with van der Waals surface area (Å²) in [5, 5.41) is 3.37. The van der Waals surface area contributed by atoms with Crippen LogP contribution in [-0.2, 0) is 4.79 Å². The van der Waals surface area contributed by atoms with Gasteiger partial charge in [-0.15, -0.1) is 12.4 Å². The van der Waals surface area contributed by atoms with Gasteiger partial charge in [0.2, 0.25) is 5.91 Å². The summed E-state index contributed by atoms with van der Waals surface area (Å²) in [6.07, 6.45) is 1.89. The second-order valence-corrected chi connectivity index (χ2v) is 4.81. The Labute approximate surface area is 115 Å². The van der Waals surface area contributed by atoms with E-state index in [0.29, 0.717) is 6.04 Å². The number of carbonyl (C=O) groups is 1. The molecule has 1 aliphatic rings. The SMILES string of the molecule is C[C@H]1C[C@@H](C(=O)N(C)c2ccccc2)CCN1.Cl. The molecular weight excluding hydrogens is 248 g/mol. The fourth-order valence-corrected chi connectivity index (χ4v) is 2.41. The molecule has 0 saturated carbocycles. The number of benzene rings is 1. The van der Waals surface area contributed by atoms with Gasteiger partial charge in [0.25, 0.3) is 0 Å². The Hall–Kier alpha value is -1.06. The Balaban J connectivity index is 0.00000162. The van der Waals surface area contributed by atoms with E-state index < -0.39 is 0 Å². The minimum Gasteiger partial charge on any atom is -0.315 e. The Morgan fingerprint density at radius 3 is 2.61 bits per heavy atom. The van der Waals surface area contributed by atoms with Gasteiger partial charge in [0.1, 0.15) is 0 Å². The zero-order valence-corrected chi connectivity index (χ0v) is 11.7. The highest BCUT2D eigenvalue weighted by Crippen LogP contribution is 2.21. The zero-order chi connectivity index (χ0) is 12.3. The minimum atomic E-state index is 0. The molecule has 1 heterocycles. The number of halogens is 1. The van der Waals surface area contributed by atoms with E-state index in [2.05, 4.69) is 12.2 Å². The number of para-hydroxylation sites is 1. The van der Waals surface area contributed by atoms with Crippen LogP contribution >= 0.6 is 12.4 Å². The molecule has 1 aliphatic heterocycles. The molecule has 0 bridgehead atoms. The summed E-state index contributed by atoms with van der Waals surface area (Å²) >= 11 is 0. The summed E-state index contributed by atoms with van der Waals surface area (Å²) in [7, 11) is 1.87. The number of piperidine rings is 1. The number of rotatable bonds is 2. The van der Waals surface area contributed by atoms with Gasteiger partial charge in [-0.3, -0.25) is 4.79 Å². The Kier molecular flexibility index (Phi) is 5.63. The first-order valence-electron chi connectivity index (χ1n) is 6.24. The molecule has 1 aromatic carbocycles. The van der Waals surface area contributed by atoms with Gasteiger partial charge in [0.15, 0.2) is 0 Å². The van der Waals surface area contributed by atoms with Crippen LogP contribution in [0.5, 0.6) is 0 Å². The van der Waals surface area contributed by atoms with Gasteiger partial charge in [-0.05, 0) is 38.4 Å². The van der Waals surface area contributed by atoms with Crippen LogP contribution in [0.15, 0.2) is 30.3 Å². The van der Waals surface area contributed by atoms with Crippen LogP contribution in [0.2, 0.25) is 0 Å². The van der Waals surface area contributed by atoms with E-state index in [0.717, 1.165) is 25.1 Å². The first-order valence-corrected chi connectivity index (χ1v) is 6.24. The molecule has 3 nitrogen and oxygen atoms in total. The van der Waals surface area contributed by atoms with Crippen LogP contribution < -0.4 is 10.2 Å². The van der Waals surface area contributed by atoms with Crippen molar-refractivity contribution in [1.82, 2.24) is 5.32 Å². The summed E-state index contributed by atoms with van der Waals surface area (Å²) in [5.74, 6) is 0.404. The van der Waals surface area contributed by atoms with Crippen LogP contribution in [0, 0.1) is 5.92 Å². The molecule has 2 atom stereocenters. The van der Waals surface area contributed by atoms with Crippen molar-refractivity contribution in [2.75, 3.05) is 18.5 Å². The standard InChI is InChI=1S/C14H20N2O.ClH/c1-11-10-12(8-9-15-11)14(17)16(2)13-6-4-3-5-7-13;/h3-7,11-12,15H,8-10H2,1-2H3;1H/t11-,12-;/m0./s1. The summed E-state index contributed by atoms with van der Waals surface area (Å²) in [6, 6.07) is 10.3. The number of hydrogen-bond donors (Lipinski definition) is 1. The van der Waals surface area contributed by atoms with E-state index in [-0.39, 0.29) is 24.2 Å².